The lowest BCUT2D eigenvalue weighted by Crippen LogP contribution is -2.41. The van der Waals surface area contributed by atoms with Gasteiger partial charge in [-0.25, -0.2) is 0 Å². The van der Waals surface area contributed by atoms with Gasteiger partial charge in [0.15, 0.2) is 0 Å². The molecule has 5 nitrogen and oxygen atoms in total. The Morgan fingerprint density at radius 3 is 2.61 bits per heavy atom. The zero-order valence-electron chi connectivity index (χ0n) is 21.9. The van der Waals surface area contributed by atoms with Crippen molar-refractivity contribution in [1.29, 1.82) is 0 Å². The predicted molar refractivity (Wildman–Crippen MR) is 134 cm³/mol. The Labute approximate surface area is 202 Å². The van der Waals surface area contributed by atoms with E-state index in [0.717, 1.165) is 19.4 Å². The second-order valence-corrected chi connectivity index (χ2v) is 12.1. The lowest BCUT2D eigenvalue weighted by atomic mass is 9.78. The van der Waals surface area contributed by atoms with Crippen LogP contribution in [0.3, 0.4) is 0 Å². The Hall–Kier alpha value is -0.880. The molecule has 2 aliphatic carbocycles. The fraction of sp³-hybridized carbons (Fsp3) is 0.857. The van der Waals surface area contributed by atoms with Gasteiger partial charge in [-0.1, -0.05) is 46.3 Å². The summed E-state index contributed by atoms with van der Waals surface area (Å²) in [6, 6.07) is 0. The Bertz CT molecular complexity index is 723. The van der Waals surface area contributed by atoms with Crippen LogP contribution in [0.4, 0.5) is 0 Å². The minimum atomic E-state index is -0.300. The van der Waals surface area contributed by atoms with E-state index in [4.69, 9.17) is 9.47 Å². The first kappa shape index (κ1) is 25.2. The van der Waals surface area contributed by atoms with E-state index in [0.29, 0.717) is 23.7 Å². The number of aliphatic hydroxyl groups is 1. The molecule has 1 N–H and O–H groups in total. The molecule has 6 atom stereocenters. The first-order valence-electron chi connectivity index (χ1n) is 13.5. The van der Waals surface area contributed by atoms with E-state index >= 15 is 0 Å². The average Bonchev–Trinajstić information content (AvgIpc) is 3.50. The van der Waals surface area contributed by atoms with Crippen molar-refractivity contribution < 1.29 is 14.6 Å². The third-order valence-corrected chi connectivity index (χ3v) is 8.77. The molecule has 0 unspecified atom stereocenters. The fourth-order valence-corrected chi connectivity index (χ4v) is 6.22. The van der Waals surface area contributed by atoms with Crippen molar-refractivity contribution in [2.45, 2.75) is 84.7 Å². The van der Waals surface area contributed by atoms with Gasteiger partial charge in [0.25, 0.3) is 0 Å². The number of hydrogen-bond donors (Lipinski definition) is 1. The van der Waals surface area contributed by atoms with Crippen LogP contribution in [0.5, 0.6) is 0 Å². The van der Waals surface area contributed by atoms with E-state index in [1.165, 1.54) is 56.6 Å². The highest BCUT2D eigenvalue weighted by Gasteiger charge is 2.54. The van der Waals surface area contributed by atoms with E-state index < -0.39 is 0 Å². The minimum Gasteiger partial charge on any atom is -0.494 e. The molecule has 0 aromatic heterocycles. The average molecular weight is 461 g/mol. The highest BCUT2D eigenvalue weighted by Crippen LogP contribution is 2.55. The first-order valence-corrected chi connectivity index (χ1v) is 13.5. The van der Waals surface area contributed by atoms with Crippen molar-refractivity contribution in [3.8, 4) is 0 Å². The van der Waals surface area contributed by atoms with Gasteiger partial charge in [-0.2, -0.15) is 0 Å². The standard InChI is InChI=1S/C28H48N2O3/c1-7-21(23-18-32-26-22-10-13-28(3,4)27(33-23)25(22)26)9-8-19(2)17-30-14-11-20(12-15-30)16-24(31)29(5)6/h10,13,19-21,23-25,27,31H,7-9,11-12,14-18H2,1-6H3/t19-,21+,23+,24-,25-,27+/m0/s1. The molecule has 4 aliphatic rings. The number of hydrogen-bond acceptors (Lipinski definition) is 5. The summed E-state index contributed by atoms with van der Waals surface area (Å²) >= 11 is 0. The van der Waals surface area contributed by atoms with E-state index in [1.54, 1.807) is 0 Å². The molecular weight excluding hydrogens is 412 g/mol. The smallest absolute Gasteiger partial charge is 0.114 e. The highest BCUT2D eigenvalue weighted by molar-refractivity contribution is 5.50. The molecule has 2 fully saturated rings. The van der Waals surface area contributed by atoms with Gasteiger partial charge in [0.05, 0.1) is 18.1 Å². The Morgan fingerprint density at radius 2 is 1.94 bits per heavy atom. The number of piperidine rings is 1. The van der Waals surface area contributed by atoms with Crippen LogP contribution in [0.1, 0.15) is 66.2 Å². The third kappa shape index (κ3) is 5.86. The SMILES string of the molecule is CC[C@H](CC[C@H](C)CN1CCC(C[C@H](O)N(C)C)CC1)[C@H]1COC2=C3C=CC(C)(C)[C@H](O1)[C@@H]32. The summed E-state index contributed by atoms with van der Waals surface area (Å²) < 4.78 is 13.0. The van der Waals surface area contributed by atoms with Gasteiger partial charge in [0.2, 0.25) is 0 Å². The number of allylic oxidation sites excluding steroid dienone is 1. The van der Waals surface area contributed by atoms with Crippen molar-refractivity contribution in [1.82, 2.24) is 9.80 Å². The van der Waals surface area contributed by atoms with Crippen molar-refractivity contribution in [2.24, 2.45) is 29.1 Å². The van der Waals surface area contributed by atoms with Crippen LogP contribution in [-0.2, 0) is 9.47 Å². The topological polar surface area (TPSA) is 45.2 Å². The van der Waals surface area contributed by atoms with Gasteiger partial charge in [0.1, 0.15) is 18.6 Å². The van der Waals surface area contributed by atoms with Crippen molar-refractivity contribution in [3.63, 3.8) is 0 Å². The summed E-state index contributed by atoms with van der Waals surface area (Å²) in [5.74, 6) is 3.54. The molecule has 0 aromatic carbocycles. The lowest BCUT2D eigenvalue weighted by molar-refractivity contribution is -0.0949. The Morgan fingerprint density at radius 1 is 1.21 bits per heavy atom. The molecule has 5 heteroatoms. The van der Waals surface area contributed by atoms with Gasteiger partial charge < -0.3 is 19.5 Å². The number of nitrogens with zero attached hydrogens (tertiary/aromatic N) is 2. The summed E-state index contributed by atoms with van der Waals surface area (Å²) in [5.41, 5.74) is 1.45. The van der Waals surface area contributed by atoms with Crippen molar-refractivity contribution in [3.05, 3.63) is 23.5 Å². The van der Waals surface area contributed by atoms with Gasteiger partial charge in [-0.05, 0) is 77.0 Å². The number of likely N-dealkylation sites (tertiary alicyclic amines) is 1. The van der Waals surface area contributed by atoms with Crippen LogP contribution in [0.15, 0.2) is 23.5 Å². The zero-order chi connectivity index (χ0) is 23.8. The monoisotopic (exact) mass is 460 g/mol. The van der Waals surface area contributed by atoms with E-state index in [1.807, 2.05) is 19.0 Å². The molecule has 2 saturated heterocycles. The largest absolute Gasteiger partial charge is 0.494 e. The number of ether oxygens (including phenoxy) is 2. The van der Waals surface area contributed by atoms with Crippen LogP contribution >= 0.6 is 0 Å². The second kappa shape index (κ2) is 10.4. The lowest BCUT2D eigenvalue weighted by Gasteiger charge is -2.38. The molecule has 0 amide bonds. The van der Waals surface area contributed by atoms with Gasteiger partial charge in [-0.3, -0.25) is 4.90 Å². The maximum absolute atomic E-state index is 10.1. The van der Waals surface area contributed by atoms with E-state index in [2.05, 4.69) is 44.7 Å². The van der Waals surface area contributed by atoms with Gasteiger partial charge >= 0.3 is 0 Å². The van der Waals surface area contributed by atoms with Crippen LogP contribution < -0.4 is 0 Å². The molecule has 2 aliphatic heterocycles. The molecular formula is C28H48N2O3. The van der Waals surface area contributed by atoms with E-state index in [9.17, 15) is 5.11 Å². The van der Waals surface area contributed by atoms with Crippen molar-refractivity contribution in [2.75, 3.05) is 40.3 Å². The first-order chi connectivity index (χ1) is 15.7. The third-order valence-electron chi connectivity index (χ3n) is 8.77. The van der Waals surface area contributed by atoms with Gasteiger partial charge in [-0.15, -0.1) is 0 Å². The zero-order valence-corrected chi connectivity index (χ0v) is 21.9. The molecule has 0 radical (unpaired) electrons. The molecule has 0 aromatic rings. The van der Waals surface area contributed by atoms with Crippen molar-refractivity contribution >= 4 is 0 Å². The maximum atomic E-state index is 10.1. The van der Waals surface area contributed by atoms with Crippen LogP contribution in [0, 0.1) is 29.1 Å². The van der Waals surface area contributed by atoms with Gasteiger partial charge in [0, 0.05) is 17.5 Å². The normalized spacial score (nSPS) is 32.2. The molecule has 4 rings (SSSR count). The maximum Gasteiger partial charge on any atom is 0.114 e. The quantitative estimate of drug-likeness (QED) is 0.480. The summed E-state index contributed by atoms with van der Waals surface area (Å²) in [7, 11) is 3.92. The minimum absolute atomic E-state index is 0.0716. The summed E-state index contributed by atoms with van der Waals surface area (Å²) in [6.45, 7) is 13.6. The number of rotatable bonds is 10. The fourth-order valence-electron chi connectivity index (χ4n) is 6.22. The van der Waals surface area contributed by atoms with E-state index in [-0.39, 0.29) is 23.9 Å². The molecule has 188 valence electrons. The Kier molecular flexibility index (Phi) is 7.94. The summed E-state index contributed by atoms with van der Waals surface area (Å²) in [6.07, 6.45) is 11.7. The summed E-state index contributed by atoms with van der Waals surface area (Å²) in [4.78, 5) is 4.57. The van der Waals surface area contributed by atoms with Crippen LogP contribution in [0.25, 0.3) is 0 Å². The van der Waals surface area contributed by atoms with Crippen LogP contribution in [-0.4, -0.2) is 73.7 Å². The second-order valence-electron chi connectivity index (χ2n) is 12.1. The number of aliphatic hydroxyl groups excluding tert-OH is 1. The summed E-state index contributed by atoms with van der Waals surface area (Å²) in [5, 5.41) is 10.1. The highest BCUT2D eigenvalue weighted by atomic mass is 16.6. The molecule has 0 saturated carbocycles. The molecule has 0 spiro atoms. The molecule has 2 heterocycles. The van der Waals surface area contributed by atoms with Crippen LogP contribution in [0.2, 0.25) is 0 Å². The molecule has 33 heavy (non-hydrogen) atoms. The molecule has 0 bridgehead atoms. The Balaban J connectivity index is 1.21. The predicted octanol–water partition coefficient (Wildman–Crippen LogP) is 4.67.